The predicted molar refractivity (Wildman–Crippen MR) is 119 cm³/mol. The first-order chi connectivity index (χ1) is 16.0. The number of carbonyl (C=O) groups is 2. The van der Waals surface area contributed by atoms with Crippen molar-refractivity contribution < 1.29 is 27.8 Å². The molecule has 3 N–H and O–H groups in total. The van der Waals surface area contributed by atoms with E-state index in [-0.39, 0.29) is 18.0 Å². The lowest BCUT2D eigenvalue weighted by molar-refractivity contribution is -0.118. The number of urea groups is 1. The Bertz CT molecular complexity index is 1070. The van der Waals surface area contributed by atoms with Crippen molar-refractivity contribution in [3.05, 3.63) is 90.0 Å². The normalized spacial score (nSPS) is 11.4. The van der Waals surface area contributed by atoms with Gasteiger partial charge in [-0.3, -0.25) is 4.79 Å². The summed E-state index contributed by atoms with van der Waals surface area (Å²) in [6, 6.07) is 20.5. The van der Waals surface area contributed by atoms with Crippen molar-refractivity contribution in [3.63, 3.8) is 0 Å². The summed E-state index contributed by atoms with van der Waals surface area (Å²) in [7, 11) is 1.33. The van der Waals surface area contributed by atoms with E-state index in [1.54, 1.807) is 48.5 Å². The van der Waals surface area contributed by atoms with Crippen LogP contribution in [0, 0.1) is 0 Å². The number of benzene rings is 3. The molecule has 3 aromatic rings. The van der Waals surface area contributed by atoms with Crippen LogP contribution in [0.3, 0.4) is 0 Å². The highest BCUT2D eigenvalue weighted by Crippen LogP contribution is 2.29. The van der Waals surface area contributed by atoms with Crippen molar-refractivity contribution in [2.75, 3.05) is 12.4 Å². The summed E-state index contributed by atoms with van der Waals surface area (Å²) in [6.45, 7) is -2.91. The average Bonchev–Trinajstić information content (AvgIpc) is 2.82. The Morgan fingerprint density at radius 2 is 1.58 bits per heavy atom. The van der Waals surface area contributed by atoms with E-state index in [1.807, 2.05) is 12.1 Å². The molecule has 0 aliphatic rings. The number of amides is 3. The number of nitrogens with one attached hydrogen (secondary N) is 3. The molecule has 0 aliphatic carbocycles. The molecule has 33 heavy (non-hydrogen) atoms. The maximum atomic E-state index is 12.9. The molecule has 1 atom stereocenters. The van der Waals surface area contributed by atoms with Crippen LogP contribution >= 0.6 is 0 Å². The van der Waals surface area contributed by atoms with Crippen LogP contribution < -0.4 is 25.4 Å². The van der Waals surface area contributed by atoms with Crippen LogP contribution in [0.1, 0.15) is 17.2 Å². The lowest BCUT2D eigenvalue weighted by Gasteiger charge is -2.19. The Kier molecular flexibility index (Phi) is 8.18. The van der Waals surface area contributed by atoms with Crippen LogP contribution in [0.5, 0.6) is 11.5 Å². The summed E-state index contributed by atoms with van der Waals surface area (Å²) in [6.07, 6.45) is 0. The van der Waals surface area contributed by atoms with Gasteiger partial charge in [-0.2, -0.15) is 8.78 Å². The van der Waals surface area contributed by atoms with Gasteiger partial charge in [-0.25, -0.2) is 4.79 Å². The molecule has 9 heteroatoms. The predicted octanol–water partition coefficient (Wildman–Crippen LogP) is 4.48. The first-order valence-electron chi connectivity index (χ1n) is 10.0. The molecule has 0 aliphatic heterocycles. The highest BCUT2D eigenvalue weighted by atomic mass is 19.3. The van der Waals surface area contributed by atoms with E-state index in [4.69, 9.17) is 4.74 Å². The van der Waals surface area contributed by atoms with Gasteiger partial charge in [-0.05, 0) is 35.4 Å². The second kappa shape index (κ2) is 11.5. The Balaban J connectivity index is 1.66. The molecule has 0 heterocycles. The van der Waals surface area contributed by atoms with Crippen molar-refractivity contribution in [1.29, 1.82) is 0 Å². The summed E-state index contributed by atoms with van der Waals surface area (Å²) in [4.78, 5) is 25.5. The fourth-order valence-electron chi connectivity index (χ4n) is 3.06. The highest BCUT2D eigenvalue weighted by Gasteiger charge is 2.23. The summed E-state index contributed by atoms with van der Waals surface area (Å²) >= 11 is 0. The molecule has 3 aromatic carbocycles. The minimum atomic E-state index is -2.98. The molecule has 0 bridgehead atoms. The van der Waals surface area contributed by atoms with Gasteiger partial charge in [0.2, 0.25) is 0 Å². The zero-order chi connectivity index (χ0) is 23.6. The Hall–Kier alpha value is -4.14. The minimum Gasteiger partial charge on any atom is -0.493 e. The van der Waals surface area contributed by atoms with Gasteiger partial charge >= 0.3 is 12.6 Å². The number of methoxy groups -OCH3 is 1. The lowest BCUT2D eigenvalue weighted by atomic mass is 10.1. The minimum absolute atomic E-state index is 0.0684. The lowest BCUT2D eigenvalue weighted by Crippen LogP contribution is -2.42. The number of anilines is 1. The summed E-state index contributed by atoms with van der Waals surface area (Å²) in [5, 5.41) is 8.11. The molecule has 0 spiro atoms. The highest BCUT2D eigenvalue weighted by molar-refractivity contribution is 5.97. The number of ether oxygens (including phenoxy) is 2. The molecule has 7 nitrogen and oxygen atoms in total. The molecule has 0 radical (unpaired) electrons. The Morgan fingerprint density at radius 1 is 0.909 bits per heavy atom. The van der Waals surface area contributed by atoms with Crippen molar-refractivity contribution >= 4 is 17.6 Å². The van der Waals surface area contributed by atoms with E-state index in [0.29, 0.717) is 16.8 Å². The van der Waals surface area contributed by atoms with E-state index in [2.05, 4.69) is 20.7 Å². The van der Waals surface area contributed by atoms with Gasteiger partial charge in [0.25, 0.3) is 5.91 Å². The van der Waals surface area contributed by atoms with Gasteiger partial charge in [0.15, 0.2) is 11.5 Å². The molecule has 0 aromatic heterocycles. The molecule has 1 unspecified atom stereocenters. The molecule has 0 saturated carbocycles. The van der Waals surface area contributed by atoms with Crippen LogP contribution in [-0.4, -0.2) is 25.7 Å². The molecule has 3 amide bonds. The monoisotopic (exact) mass is 455 g/mol. The van der Waals surface area contributed by atoms with E-state index >= 15 is 0 Å². The fourth-order valence-corrected chi connectivity index (χ4v) is 3.06. The van der Waals surface area contributed by atoms with Crippen LogP contribution in [0.15, 0.2) is 78.9 Å². The molecule has 0 fully saturated rings. The van der Waals surface area contributed by atoms with Gasteiger partial charge < -0.3 is 25.4 Å². The smallest absolute Gasteiger partial charge is 0.387 e. The molecular weight excluding hydrogens is 432 g/mol. The number of rotatable bonds is 9. The molecule has 3 rings (SSSR count). The van der Waals surface area contributed by atoms with Gasteiger partial charge in [-0.1, -0.05) is 54.6 Å². The van der Waals surface area contributed by atoms with Crippen molar-refractivity contribution in [2.24, 2.45) is 0 Å². The molecule has 172 valence electrons. The summed E-state index contributed by atoms with van der Waals surface area (Å²) in [5.41, 5.74) is 1.80. The van der Waals surface area contributed by atoms with Crippen molar-refractivity contribution in [1.82, 2.24) is 10.6 Å². The SMILES string of the molecule is COc1cc(CNC(=O)NC(C(=O)Nc2ccccc2)c2ccccc2)ccc1OC(F)F. The fraction of sp³-hybridized carbons (Fsp3) is 0.167. The summed E-state index contributed by atoms with van der Waals surface area (Å²) < 4.78 is 34.4. The Morgan fingerprint density at radius 3 is 2.21 bits per heavy atom. The quantitative estimate of drug-likeness (QED) is 0.444. The summed E-state index contributed by atoms with van der Waals surface area (Å²) in [5.74, 6) is -0.403. The Labute approximate surface area is 189 Å². The maximum Gasteiger partial charge on any atom is 0.387 e. The maximum absolute atomic E-state index is 12.9. The first-order valence-corrected chi connectivity index (χ1v) is 10.0. The third-order valence-corrected chi connectivity index (χ3v) is 4.61. The van der Waals surface area contributed by atoms with Crippen LogP contribution in [0.4, 0.5) is 19.3 Å². The van der Waals surface area contributed by atoms with Crippen LogP contribution in [0.25, 0.3) is 0 Å². The standard InChI is InChI=1S/C24H23F2N3O4/c1-32-20-14-16(12-13-19(20)33-23(25)26)15-27-24(31)29-21(17-8-4-2-5-9-17)22(30)28-18-10-6-3-7-11-18/h2-14,21,23H,15H2,1H3,(H,28,30)(H2,27,29,31). The molecular formula is C24H23F2N3O4. The number of alkyl halides is 2. The van der Waals surface area contributed by atoms with E-state index in [0.717, 1.165) is 0 Å². The number of hydrogen-bond acceptors (Lipinski definition) is 4. The zero-order valence-electron chi connectivity index (χ0n) is 17.8. The molecule has 0 saturated heterocycles. The van der Waals surface area contributed by atoms with Crippen molar-refractivity contribution in [2.45, 2.75) is 19.2 Å². The largest absolute Gasteiger partial charge is 0.493 e. The number of halogens is 2. The average molecular weight is 455 g/mol. The third kappa shape index (κ3) is 6.93. The zero-order valence-corrected chi connectivity index (χ0v) is 17.8. The van der Waals surface area contributed by atoms with Gasteiger partial charge in [0, 0.05) is 12.2 Å². The van der Waals surface area contributed by atoms with E-state index < -0.39 is 24.6 Å². The number of para-hydroxylation sites is 1. The third-order valence-electron chi connectivity index (χ3n) is 4.61. The van der Waals surface area contributed by atoms with Crippen LogP contribution in [0.2, 0.25) is 0 Å². The number of carbonyl (C=O) groups excluding carboxylic acids is 2. The van der Waals surface area contributed by atoms with E-state index in [9.17, 15) is 18.4 Å². The van der Waals surface area contributed by atoms with Gasteiger partial charge in [0.05, 0.1) is 7.11 Å². The van der Waals surface area contributed by atoms with Gasteiger partial charge in [0.1, 0.15) is 6.04 Å². The topological polar surface area (TPSA) is 88.7 Å². The number of hydrogen-bond donors (Lipinski definition) is 3. The van der Waals surface area contributed by atoms with Crippen LogP contribution in [-0.2, 0) is 11.3 Å². The second-order valence-electron chi connectivity index (χ2n) is 6.89. The van der Waals surface area contributed by atoms with Crippen molar-refractivity contribution in [3.8, 4) is 11.5 Å². The first kappa shape index (κ1) is 23.5. The van der Waals surface area contributed by atoms with E-state index in [1.165, 1.54) is 25.3 Å². The van der Waals surface area contributed by atoms with Gasteiger partial charge in [-0.15, -0.1) is 0 Å². The second-order valence-corrected chi connectivity index (χ2v) is 6.89.